The summed E-state index contributed by atoms with van der Waals surface area (Å²) in [4.78, 5) is 0. The van der Waals surface area contributed by atoms with E-state index >= 15 is 0 Å². The van der Waals surface area contributed by atoms with Crippen molar-refractivity contribution in [3.8, 4) is 6.07 Å². The van der Waals surface area contributed by atoms with Crippen molar-refractivity contribution >= 4 is 27.3 Å². The Kier molecular flexibility index (Phi) is 2.88. The van der Waals surface area contributed by atoms with Crippen LogP contribution in [-0.4, -0.2) is 20.2 Å². The van der Waals surface area contributed by atoms with Crippen LogP contribution in [0.2, 0.25) is 5.02 Å². The molecule has 2 aliphatic carbocycles. The normalized spacial score (nSPS) is 34.0. The fourth-order valence-electron chi connectivity index (χ4n) is 4.27. The second-order valence-corrected chi connectivity index (χ2v) is 8.73. The van der Waals surface area contributed by atoms with Crippen molar-refractivity contribution in [3.05, 3.63) is 40.4 Å². The van der Waals surface area contributed by atoms with Crippen LogP contribution in [0.1, 0.15) is 17.5 Å². The zero-order chi connectivity index (χ0) is 15.6. The molecule has 2 bridgehead atoms. The van der Waals surface area contributed by atoms with E-state index < -0.39 is 10.0 Å². The third-order valence-electron chi connectivity index (χ3n) is 5.32. The van der Waals surface area contributed by atoms with E-state index in [1.807, 2.05) is 6.07 Å². The van der Waals surface area contributed by atoms with Crippen LogP contribution in [-0.2, 0) is 10.0 Å². The highest BCUT2D eigenvalue weighted by Crippen LogP contribution is 2.53. The second kappa shape index (κ2) is 4.50. The van der Waals surface area contributed by atoms with Gasteiger partial charge in [-0.15, -0.1) is 0 Å². The van der Waals surface area contributed by atoms with Gasteiger partial charge in [-0.2, -0.15) is 5.26 Å². The van der Waals surface area contributed by atoms with Crippen LogP contribution in [0, 0.1) is 36.0 Å². The predicted molar refractivity (Wildman–Crippen MR) is 85.2 cm³/mol. The Bertz CT molecular complexity index is 840. The largest absolute Gasteiger partial charge is 0.269 e. The number of sulfonamides is 1. The van der Waals surface area contributed by atoms with Crippen molar-refractivity contribution in [2.45, 2.75) is 18.6 Å². The van der Waals surface area contributed by atoms with E-state index in [0.717, 1.165) is 6.42 Å². The van der Waals surface area contributed by atoms with Gasteiger partial charge < -0.3 is 0 Å². The first-order valence-electron chi connectivity index (χ1n) is 7.34. The molecule has 0 amide bonds. The summed E-state index contributed by atoms with van der Waals surface area (Å²) in [6.45, 7) is 2.29. The molecule has 4 nitrogen and oxygen atoms in total. The van der Waals surface area contributed by atoms with Crippen molar-refractivity contribution in [2.24, 2.45) is 17.8 Å². The lowest BCUT2D eigenvalue weighted by atomic mass is 9.93. The average molecular weight is 335 g/mol. The molecule has 1 saturated carbocycles. The molecule has 0 N–H and O–H groups in total. The molecule has 1 saturated heterocycles. The molecule has 1 heterocycles. The summed E-state index contributed by atoms with van der Waals surface area (Å²) in [5.41, 5.74) is 1.64. The van der Waals surface area contributed by atoms with Gasteiger partial charge in [0.1, 0.15) is 6.07 Å². The Balaban J connectivity index is 1.80. The summed E-state index contributed by atoms with van der Waals surface area (Å²) in [5, 5.41) is 9.08. The standard InChI is InChI=1S/C16H15ClN2O2S/c1-9-14(5-4-12(7-18)15(9)17)19-8-13-10-2-3-11(6-10)16(13)22(19,20)21/h2-5,10-11,13,16H,6,8H2,1H3/t10-,11+,13+,16-/m1/s1. The molecule has 3 aliphatic rings. The van der Waals surface area contributed by atoms with Crippen molar-refractivity contribution in [2.75, 3.05) is 10.8 Å². The first-order valence-corrected chi connectivity index (χ1v) is 9.22. The van der Waals surface area contributed by atoms with Crippen molar-refractivity contribution < 1.29 is 8.42 Å². The number of halogens is 1. The lowest BCUT2D eigenvalue weighted by Crippen LogP contribution is -2.32. The summed E-state index contributed by atoms with van der Waals surface area (Å²) in [5.74, 6) is 0.705. The van der Waals surface area contributed by atoms with Crippen LogP contribution >= 0.6 is 11.6 Å². The topological polar surface area (TPSA) is 61.2 Å². The van der Waals surface area contributed by atoms with E-state index in [0.29, 0.717) is 34.3 Å². The minimum absolute atomic E-state index is 0.152. The lowest BCUT2D eigenvalue weighted by Gasteiger charge is -2.23. The number of hydrogen-bond acceptors (Lipinski definition) is 3. The molecule has 22 heavy (non-hydrogen) atoms. The maximum absolute atomic E-state index is 13.0. The predicted octanol–water partition coefficient (Wildman–Crippen LogP) is 2.86. The smallest absolute Gasteiger partial charge is 0.239 e. The molecular formula is C16H15ClN2O2S. The number of allylic oxidation sites excluding steroid dienone is 2. The Morgan fingerprint density at radius 1 is 1.32 bits per heavy atom. The van der Waals surface area contributed by atoms with Gasteiger partial charge in [-0.05, 0) is 42.9 Å². The number of rotatable bonds is 1. The van der Waals surface area contributed by atoms with Crippen molar-refractivity contribution in [1.82, 2.24) is 0 Å². The highest BCUT2D eigenvalue weighted by Gasteiger charge is 2.58. The molecule has 0 unspecified atom stereocenters. The third kappa shape index (κ3) is 1.65. The maximum atomic E-state index is 13.0. The molecule has 114 valence electrons. The van der Waals surface area contributed by atoms with E-state index in [9.17, 15) is 8.42 Å². The monoisotopic (exact) mass is 334 g/mol. The van der Waals surface area contributed by atoms with E-state index in [2.05, 4.69) is 12.2 Å². The van der Waals surface area contributed by atoms with E-state index in [4.69, 9.17) is 16.9 Å². The van der Waals surface area contributed by atoms with Crippen LogP contribution in [0.25, 0.3) is 0 Å². The molecule has 0 radical (unpaired) electrons. The van der Waals surface area contributed by atoms with Gasteiger partial charge in [0.2, 0.25) is 10.0 Å². The highest BCUT2D eigenvalue weighted by molar-refractivity contribution is 7.93. The number of nitrogens with zero attached hydrogens (tertiary/aromatic N) is 2. The van der Waals surface area contributed by atoms with Gasteiger partial charge in [-0.25, -0.2) is 8.42 Å². The Morgan fingerprint density at radius 3 is 2.73 bits per heavy atom. The molecular weight excluding hydrogens is 320 g/mol. The molecule has 2 fully saturated rings. The molecule has 0 aromatic heterocycles. The molecule has 4 rings (SSSR count). The zero-order valence-electron chi connectivity index (χ0n) is 12.0. The van der Waals surface area contributed by atoms with E-state index in [1.54, 1.807) is 19.1 Å². The SMILES string of the molecule is Cc1c(N2C[C@@H]3[C@@H]([C@H]4C=C[C@@H]3C4)S2(=O)=O)ccc(C#N)c1Cl. The van der Waals surface area contributed by atoms with Gasteiger partial charge in [0, 0.05) is 12.5 Å². The molecule has 6 heteroatoms. The first kappa shape index (κ1) is 14.1. The van der Waals surface area contributed by atoms with Crippen LogP contribution in [0.15, 0.2) is 24.3 Å². The minimum atomic E-state index is -3.37. The zero-order valence-corrected chi connectivity index (χ0v) is 13.6. The molecule has 0 spiro atoms. The lowest BCUT2D eigenvalue weighted by molar-refractivity contribution is 0.485. The molecule has 1 aromatic carbocycles. The second-order valence-electron chi connectivity index (χ2n) is 6.34. The first-order chi connectivity index (χ1) is 10.4. The number of fused-ring (bicyclic) bond motifs is 5. The molecule has 4 atom stereocenters. The Hall–Kier alpha value is -1.51. The van der Waals surface area contributed by atoms with Crippen molar-refractivity contribution in [1.29, 1.82) is 5.26 Å². The fraction of sp³-hybridized carbons (Fsp3) is 0.438. The van der Waals surface area contributed by atoms with E-state index in [-0.39, 0.29) is 17.1 Å². The summed E-state index contributed by atoms with van der Waals surface area (Å²) in [6, 6.07) is 5.33. The molecule has 1 aliphatic heterocycles. The van der Waals surface area contributed by atoms with E-state index in [1.165, 1.54) is 4.31 Å². The fourth-order valence-corrected chi connectivity index (χ4v) is 6.99. The van der Waals surface area contributed by atoms with Gasteiger partial charge in [-0.3, -0.25) is 4.31 Å². The summed E-state index contributed by atoms with van der Waals surface area (Å²) < 4.78 is 27.4. The third-order valence-corrected chi connectivity index (χ3v) is 8.15. The molecule has 1 aromatic rings. The quantitative estimate of drug-likeness (QED) is 0.742. The van der Waals surface area contributed by atoms with Gasteiger partial charge >= 0.3 is 0 Å². The highest BCUT2D eigenvalue weighted by atomic mass is 35.5. The Labute approximate surface area is 135 Å². The van der Waals surface area contributed by atoms with Crippen LogP contribution in [0.4, 0.5) is 5.69 Å². The van der Waals surface area contributed by atoms with Gasteiger partial charge in [0.05, 0.1) is 21.5 Å². The van der Waals surface area contributed by atoms with Crippen LogP contribution < -0.4 is 4.31 Å². The number of benzene rings is 1. The summed E-state index contributed by atoms with van der Waals surface area (Å²) in [7, 11) is -3.37. The number of nitriles is 1. The van der Waals surface area contributed by atoms with Gasteiger partial charge in [0.25, 0.3) is 0 Å². The van der Waals surface area contributed by atoms with Crippen LogP contribution in [0.3, 0.4) is 0 Å². The number of anilines is 1. The van der Waals surface area contributed by atoms with Gasteiger partial charge in [0.15, 0.2) is 0 Å². The Morgan fingerprint density at radius 2 is 2.05 bits per heavy atom. The summed E-state index contributed by atoms with van der Waals surface area (Å²) in [6.07, 6.45) is 5.20. The average Bonchev–Trinajstić information content (AvgIpc) is 3.14. The van der Waals surface area contributed by atoms with Crippen LogP contribution in [0.5, 0.6) is 0 Å². The maximum Gasteiger partial charge on any atom is 0.239 e. The number of hydrogen-bond donors (Lipinski definition) is 0. The van der Waals surface area contributed by atoms with Gasteiger partial charge in [-0.1, -0.05) is 23.8 Å². The minimum Gasteiger partial charge on any atom is -0.269 e. The van der Waals surface area contributed by atoms with Crippen molar-refractivity contribution in [3.63, 3.8) is 0 Å². The summed E-state index contributed by atoms with van der Waals surface area (Å²) >= 11 is 6.20.